The van der Waals surface area contributed by atoms with Crippen LogP contribution < -0.4 is 0 Å². The van der Waals surface area contributed by atoms with E-state index in [4.69, 9.17) is 4.74 Å². The van der Waals surface area contributed by atoms with Crippen LogP contribution in [0.4, 0.5) is 0 Å². The Morgan fingerprint density at radius 2 is 2.30 bits per heavy atom. The van der Waals surface area contributed by atoms with Gasteiger partial charge in [0.1, 0.15) is 6.61 Å². The summed E-state index contributed by atoms with van der Waals surface area (Å²) in [6.45, 7) is 3.00. The van der Waals surface area contributed by atoms with Crippen LogP contribution in [0.25, 0.3) is 0 Å². The first kappa shape index (κ1) is 15.6. The maximum absolute atomic E-state index is 12.8. The molecule has 1 aliphatic heterocycles. The van der Waals surface area contributed by atoms with E-state index in [1.807, 2.05) is 24.0 Å². The number of H-pyrrole nitrogens is 1. The van der Waals surface area contributed by atoms with E-state index in [-0.39, 0.29) is 11.9 Å². The lowest BCUT2D eigenvalue weighted by Crippen LogP contribution is -2.39. The van der Waals surface area contributed by atoms with E-state index in [1.54, 1.807) is 13.3 Å². The van der Waals surface area contributed by atoms with Gasteiger partial charge in [0.15, 0.2) is 11.6 Å². The molecular weight excluding hydrogens is 294 g/mol. The number of piperidine rings is 1. The zero-order valence-electron chi connectivity index (χ0n) is 13.5. The maximum Gasteiger partial charge on any atom is 0.256 e. The van der Waals surface area contributed by atoms with Crippen LogP contribution in [-0.2, 0) is 11.3 Å². The highest BCUT2D eigenvalue weighted by atomic mass is 16.5. The first-order valence-corrected chi connectivity index (χ1v) is 7.83. The Morgan fingerprint density at radius 3 is 3.04 bits per heavy atom. The average Bonchev–Trinajstić information content (AvgIpc) is 3.04. The molecule has 2 aromatic rings. The summed E-state index contributed by atoms with van der Waals surface area (Å²) in [4.78, 5) is 23.4. The molecule has 0 bridgehead atoms. The minimum absolute atomic E-state index is 0.0136. The van der Waals surface area contributed by atoms with E-state index in [1.165, 1.54) is 0 Å². The van der Waals surface area contributed by atoms with Gasteiger partial charge in [0.2, 0.25) is 0 Å². The predicted molar refractivity (Wildman–Crippen MR) is 83.7 cm³/mol. The molecule has 122 valence electrons. The molecule has 0 saturated carbocycles. The molecule has 1 atom stereocenters. The zero-order valence-corrected chi connectivity index (χ0v) is 13.5. The van der Waals surface area contributed by atoms with Crippen molar-refractivity contribution in [1.29, 1.82) is 0 Å². The maximum atomic E-state index is 12.8. The Morgan fingerprint density at radius 1 is 1.43 bits per heavy atom. The second kappa shape index (κ2) is 6.87. The number of rotatable bonds is 4. The number of hydrogen-bond donors (Lipinski definition) is 1. The van der Waals surface area contributed by atoms with E-state index in [9.17, 15) is 4.79 Å². The SMILES string of the molecule is COCc1nc([C@H]2CCCCN2C(=O)c2ccc(C)nc2)n[nH]1. The van der Waals surface area contributed by atoms with Crippen LogP contribution >= 0.6 is 0 Å². The number of methoxy groups -OCH3 is 1. The fraction of sp³-hybridized carbons (Fsp3) is 0.500. The van der Waals surface area contributed by atoms with Gasteiger partial charge in [0.05, 0.1) is 11.6 Å². The van der Waals surface area contributed by atoms with Crippen molar-refractivity contribution in [2.24, 2.45) is 0 Å². The number of aromatic amines is 1. The molecule has 1 amide bonds. The molecule has 0 aliphatic carbocycles. The number of nitrogens with zero attached hydrogens (tertiary/aromatic N) is 4. The lowest BCUT2D eigenvalue weighted by atomic mass is 10.0. The van der Waals surface area contributed by atoms with Crippen LogP contribution in [-0.4, -0.2) is 44.6 Å². The highest BCUT2D eigenvalue weighted by molar-refractivity contribution is 5.94. The van der Waals surface area contributed by atoms with Crippen LogP contribution in [0.15, 0.2) is 18.3 Å². The van der Waals surface area contributed by atoms with Crippen molar-refractivity contribution in [1.82, 2.24) is 25.1 Å². The second-order valence-electron chi connectivity index (χ2n) is 5.77. The smallest absolute Gasteiger partial charge is 0.256 e. The van der Waals surface area contributed by atoms with Gasteiger partial charge in [0.25, 0.3) is 5.91 Å². The fourth-order valence-corrected chi connectivity index (χ4v) is 2.86. The summed E-state index contributed by atoms with van der Waals surface area (Å²) >= 11 is 0. The van der Waals surface area contributed by atoms with Crippen LogP contribution in [0, 0.1) is 6.92 Å². The molecule has 0 aromatic carbocycles. The van der Waals surface area contributed by atoms with Crippen LogP contribution in [0.3, 0.4) is 0 Å². The van der Waals surface area contributed by atoms with Gasteiger partial charge in [-0.15, -0.1) is 0 Å². The van der Waals surface area contributed by atoms with Crippen LogP contribution in [0.5, 0.6) is 0 Å². The molecule has 7 heteroatoms. The van der Waals surface area contributed by atoms with E-state index >= 15 is 0 Å². The van der Waals surface area contributed by atoms with E-state index in [0.29, 0.717) is 30.4 Å². The van der Waals surface area contributed by atoms with Crippen molar-refractivity contribution < 1.29 is 9.53 Å². The number of amides is 1. The lowest BCUT2D eigenvalue weighted by Gasteiger charge is -2.34. The van der Waals surface area contributed by atoms with Gasteiger partial charge in [-0.05, 0) is 38.3 Å². The summed E-state index contributed by atoms with van der Waals surface area (Å²) in [6.07, 6.45) is 4.57. The topological polar surface area (TPSA) is 84.0 Å². The molecule has 0 spiro atoms. The number of likely N-dealkylation sites (tertiary alicyclic amines) is 1. The normalized spacial score (nSPS) is 18.2. The molecule has 2 aromatic heterocycles. The standard InChI is InChI=1S/C16H21N5O2/c1-11-6-7-12(9-17-11)16(22)21-8-4-3-5-13(21)15-18-14(10-23-2)19-20-15/h6-7,9,13H,3-5,8,10H2,1-2H3,(H,18,19,20)/t13-/m1/s1. The molecular formula is C16H21N5O2. The zero-order chi connectivity index (χ0) is 16.2. The summed E-state index contributed by atoms with van der Waals surface area (Å²) in [7, 11) is 1.61. The number of nitrogens with one attached hydrogen (secondary N) is 1. The lowest BCUT2D eigenvalue weighted by molar-refractivity contribution is 0.0599. The van der Waals surface area contributed by atoms with Crippen molar-refractivity contribution in [3.63, 3.8) is 0 Å². The number of carbonyl (C=O) groups is 1. The molecule has 0 unspecified atom stereocenters. The van der Waals surface area contributed by atoms with Crippen LogP contribution in [0.2, 0.25) is 0 Å². The van der Waals surface area contributed by atoms with Crippen molar-refractivity contribution in [3.05, 3.63) is 41.2 Å². The third-order valence-electron chi connectivity index (χ3n) is 4.05. The van der Waals surface area contributed by atoms with Gasteiger partial charge in [-0.25, -0.2) is 4.98 Å². The molecule has 1 saturated heterocycles. The monoisotopic (exact) mass is 315 g/mol. The Hall–Kier alpha value is -2.28. The number of ether oxygens (including phenoxy) is 1. The third-order valence-corrected chi connectivity index (χ3v) is 4.05. The molecule has 3 heterocycles. The Bertz CT molecular complexity index is 667. The molecule has 0 radical (unpaired) electrons. The van der Waals surface area contributed by atoms with Gasteiger partial charge < -0.3 is 9.64 Å². The molecule has 23 heavy (non-hydrogen) atoms. The minimum Gasteiger partial charge on any atom is -0.377 e. The summed E-state index contributed by atoms with van der Waals surface area (Å²) in [5.74, 6) is 1.32. The highest BCUT2D eigenvalue weighted by Gasteiger charge is 2.31. The number of pyridine rings is 1. The minimum atomic E-state index is -0.0978. The molecule has 7 nitrogen and oxygen atoms in total. The predicted octanol–water partition coefficient (Wildman–Crippen LogP) is 2.02. The van der Waals surface area contributed by atoms with E-state index < -0.39 is 0 Å². The second-order valence-corrected chi connectivity index (χ2v) is 5.77. The van der Waals surface area contributed by atoms with Gasteiger partial charge in [0, 0.05) is 25.5 Å². The van der Waals surface area contributed by atoms with Gasteiger partial charge in [-0.3, -0.25) is 14.9 Å². The van der Waals surface area contributed by atoms with Crippen molar-refractivity contribution in [2.45, 2.75) is 38.8 Å². The Kier molecular flexibility index (Phi) is 4.66. The van der Waals surface area contributed by atoms with Crippen molar-refractivity contribution >= 4 is 5.91 Å². The Labute approximate surface area is 135 Å². The summed E-state index contributed by atoms with van der Waals surface area (Å²) in [5, 5.41) is 7.15. The van der Waals surface area contributed by atoms with Gasteiger partial charge in [-0.2, -0.15) is 5.10 Å². The third kappa shape index (κ3) is 3.39. The molecule has 3 rings (SSSR count). The van der Waals surface area contributed by atoms with Gasteiger partial charge in [-0.1, -0.05) is 0 Å². The number of aromatic nitrogens is 4. The number of hydrogen-bond acceptors (Lipinski definition) is 5. The first-order chi connectivity index (χ1) is 11.2. The van der Waals surface area contributed by atoms with Gasteiger partial charge >= 0.3 is 0 Å². The fourth-order valence-electron chi connectivity index (χ4n) is 2.86. The number of aryl methyl sites for hydroxylation is 1. The summed E-state index contributed by atoms with van der Waals surface area (Å²) in [5.41, 5.74) is 1.50. The summed E-state index contributed by atoms with van der Waals surface area (Å²) in [6, 6.07) is 3.58. The first-order valence-electron chi connectivity index (χ1n) is 7.83. The van der Waals surface area contributed by atoms with Crippen LogP contribution in [0.1, 0.15) is 53.0 Å². The summed E-state index contributed by atoms with van der Waals surface area (Å²) < 4.78 is 5.06. The van der Waals surface area contributed by atoms with E-state index in [0.717, 1.165) is 25.0 Å². The number of carbonyl (C=O) groups excluding carboxylic acids is 1. The highest BCUT2D eigenvalue weighted by Crippen LogP contribution is 2.30. The van der Waals surface area contributed by atoms with E-state index in [2.05, 4.69) is 20.2 Å². The van der Waals surface area contributed by atoms with Crippen molar-refractivity contribution in [2.75, 3.05) is 13.7 Å². The average molecular weight is 315 g/mol. The quantitative estimate of drug-likeness (QED) is 0.933. The molecule has 1 N–H and O–H groups in total. The largest absolute Gasteiger partial charge is 0.377 e. The molecule has 1 aliphatic rings. The Balaban J connectivity index is 1.82. The molecule has 1 fully saturated rings. The van der Waals surface area contributed by atoms with Crippen molar-refractivity contribution in [3.8, 4) is 0 Å².